The van der Waals surface area contributed by atoms with Crippen LogP contribution < -0.4 is 0 Å². The summed E-state index contributed by atoms with van der Waals surface area (Å²) in [5.74, 6) is -0.429. The summed E-state index contributed by atoms with van der Waals surface area (Å²) >= 11 is 0. The van der Waals surface area contributed by atoms with Crippen LogP contribution in [0.2, 0.25) is 0 Å². The van der Waals surface area contributed by atoms with Crippen LogP contribution in [0.25, 0.3) is 0 Å². The summed E-state index contributed by atoms with van der Waals surface area (Å²) in [6.07, 6.45) is 0.0559. The molecule has 2 aromatic rings. The van der Waals surface area contributed by atoms with Gasteiger partial charge in [0.2, 0.25) is 5.91 Å². The zero-order valence-electron chi connectivity index (χ0n) is 13.7. The maximum absolute atomic E-state index is 12.8. The van der Waals surface area contributed by atoms with E-state index in [1.807, 2.05) is 60.7 Å². The van der Waals surface area contributed by atoms with Gasteiger partial charge in [-0.15, -0.1) is 0 Å². The second-order valence-corrected chi connectivity index (χ2v) is 6.27. The summed E-state index contributed by atoms with van der Waals surface area (Å²) in [6, 6.07) is 18.7. The Morgan fingerprint density at radius 2 is 1.64 bits per heavy atom. The van der Waals surface area contributed by atoms with Crippen molar-refractivity contribution in [2.24, 2.45) is 0 Å². The molecule has 2 heterocycles. The van der Waals surface area contributed by atoms with Crippen LogP contribution in [0.3, 0.4) is 0 Å². The second-order valence-electron chi connectivity index (χ2n) is 6.27. The molecule has 1 amide bonds. The fourth-order valence-corrected chi connectivity index (χ4v) is 3.38. The van der Waals surface area contributed by atoms with Crippen molar-refractivity contribution < 1.29 is 19.1 Å². The Morgan fingerprint density at radius 3 is 2.20 bits per heavy atom. The van der Waals surface area contributed by atoms with E-state index in [-0.39, 0.29) is 18.1 Å². The first-order chi connectivity index (χ1) is 12.2. The van der Waals surface area contributed by atoms with Crippen LogP contribution in [0.15, 0.2) is 60.7 Å². The maximum Gasteiger partial charge on any atom is 0.330 e. The van der Waals surface area contributed by atoms with Crippen molar-refractivity contribution in [3.63, 3.8) is 0 Å². The lowest BCUT2D eigenvalue weighted by molar-refractivity contribution is -0.206. The minimum atomic E-state index is -0.560. The molecule has 2 fully saturated rings. The number of carbonyl (C=O) groups excluding carboxylic acids is 2. The first-order valence-electron chi connectivity index (χ1n) is 8.47. The molecule has 0 bridgehead atoms. The Kier molecular flexibility index (Phi) is 4.24. The van der Waals surface area contributed by atoms with Crippen LogP contribution in [-0.4, -0.2) is 35.7 Å². The first-order valence-corrected chi connectivity index (χ1v) is 8.47. The summed E-state index contributed by atoms with van der Waals surface area (Å²) in [6.45, 7) is 0.468. The Balaban J connectivity index is 1.58. The van der Waals surface area contributed by atoms with Gasteiger partial charge in [0.05, 0.1) is 13.0 Å². The first kappa shape index (κ1) is 15.8. The number of ether oxygens (including phenoxy) is 2. The molecule has 0 aromatic heterocycles. The van der Waals surface area contributed by atoms with E-state index in [1.165, 1.54) is 4.90 Å². The molecule has 25 heavy (non-hydrogen) atoms. The predicted molar refractivity (Wildman–Crippen MR) is 90.4 cm³/mol. The van der Waals surface area contributed by atoms with E-state index in [9.17, 15) is 9.59 Å². The van der Waals surface area contributed by atoms with Gasteiger partial charge in [-0.3, -0.25) is 4.79 Å². The topological polar surface area (TPSA) is 55.8 Å². The van der Waals surface area contributed by atoms with Crippen molar-refractivity contribution in [2.75, 3.05) is 6.61 Å². The van der Waals surface area contributed by atoms with Crippen LogP contribution in [0.1, 0.15) is 30.1 Å². The molecule has 0 radical (unpaired) electrons. The van der Waals surface area contributed by atoms with E-state index >= 15 is 0 Å². The van der Waals surface area contributed by atoms with Crippen molar-refractivity contribution in [1.82, 2.24) is 4.90 Å². The number of rotatable bonds is 4. The SMILES string of the molecule is O=C(OC(c1ccccc1)c1ccccc1)[C@H]1CCO[C@@H]2CC(=O)N12. The molecule has 0 aliphatic carbocycles. The van der Waals surface area contributed by atoms with E-state index in [1.54, 1.807) is 0 Å². The summed E-state index contributed by atoms with van der Waals surface area (Å²) < 4.78 is 11.4. The van der Waals surface area contributed by atoms with Crippen molar-refractivity contribution >= 4 is 11.9 Å². The minimum absolute atomic E-state index is 0.0531. The lowest BCUT2D eigenvalue weighted by Crippen LogP contribution is -2.64. The highest BCUT2D eigenvalue weighted by atomic mass is 16.6. The number of fused-ring (bicyclic) bond motifs is 1. The molecular formula is C20H19NO4. The average molecular weight is 337 g/mol. The molecule has 4 rings (SSSR count). The molecule has 5 nitrogen and oxygen atoms in total. The van der Waals surface area contributed by atoms with E-state index in [4.69, 9.17) is 9.47 Å². The average Bonchev–Trinajstić information content (AvgIpc) is 2.66. The third kappa shape index (κ3) is 3.03. The largest absolute Gasteiger partial charge is 0.451 e. The Bertz CT molecular complexity index is 722. The summed E-state index contributed by atoms with van der Waals surface area (Å²) in [7, 11) is 0. The third-order valence-electron chi connectivity index (χ3n) is 4.70. The highest BCUT2D eigenvalue weighted by molar-refractivity contribution is 5.89. The molecule has 2 atom stereocenters. The van der Waals surface area contributed by atoms with Crippen molar-refractivity contribution in [2.45, 2.75) is 31.2 Å². The van der Waals surface area contributed by atoms with E-state index in [2.05, 4.69) is 0 Å². The molecule has 0 saturated carbocycles. The fraction of sp³-hybridized carbons (Fsp3) is 0.300. The predicted octanol–water partition coefficient (Wildman–Crippen LogP) is 2.67. The highest BCUT2D eigenvalue weighted by Gasteiger charge is 2.48. The Labute approximate surface area is 146 Å². The maximum atomic E-state index is 12.8. The van der Waals surface area contributed by atoms with Gasteiger partial charge in [-0.05, 0) is 11.1 Å². The minimum Gasteiger partial charge on any atom is -0.451 e. The van der Waals surface area contributed by atoms with Gasteiger partial charge in [0.15, 0.2) is 6.10 Å². The molecular weight excluding hydrogens is 318 g/mol. The molecule has 128 valence electrons. The molecule has 5 heteroatoms. The fourth-order valence-electron chi connectivity index (χ4n) is 3.38. The van der Waals surface area contributed by atoms with Crippen LogP contribution in [0.4, 0.5) is 0 Å². The van der Waals surface area contributed by atoms with E-state index in [0.29, 0.717) is 19.4 Å². The molecule has 0 N–H and O–H groups in total. The normalized spacial score (nSPS) is 22.3. The van der Waals surface area contributed by atoms with Crippen LogP contribution in [0.5, 0.6) is 0 Å². The van der Waals surface area contributed by atoms with Crippen LogP contribution in [-0.2, 0) is 19.1 Å². The van der Waals surface area contributed by atoms with Gasteiger partial charge >= 0.3 is 5.97 Å². The zero-order chi connectivity index (χ0) is 17.2. The molecule has 2 aliphatic rings. The Hall–Kier alpha value is -2.66. The molecule has 2 aromatic carbocycles. The van der Waals surface area contributed by atoms with Crippen molar-refractivity contribution in [1.29, 1.82) is 0 Å². The summed E-state index contributed by atoms with van der Waals surface area (Å²) in [4.78, 5) is 26.2. The van der Waals surface area contributed by atoms with Crippen molar-refractivity contribution in [3.8, 4) is 0 Å². The van der Waals surface area contributed by atoms with Crippen LogP contribution in [0, 0.1) is 0 Å². The van der Waals surface area contributed by atoms with Gasteiger partial charge in [0.1, 0.15) is 12.3 Å². The van der Waals surface area contributed by atoms with E-state index in [0.717, 1.165) is 11.1 Å². The number of benzene rings is 2. The molecule has 2 aliphatic heterocycles. The molecule has 2 saturated heterocycles. The second kappa shape index (κ2) is 6.69. The standard InChI is InChI=1S/C20H19NO4/c22-17-13-18-21(17)16(11-12-24-18)20(23)25-19(14-7-3-1-4-8-14)15-9-5-2-6-10-15/h1-10,16,18-19H,11-13H2/t16-,18-/m1/s1. The van der Waals surface area contributed by atoms with Gasteiger partial charge in [0.25, 0.3) is 0 Å². The van der Waals surface area contributed by atoms with Crippen LogP contribution >= 0.6 is 0 Å². The number of nitrogens with zero attached hydrogens (tertiary/aromatic N) is 1. The van der Waals surface area contributed by atoms with Gasteiger partial charge < -0.3 is 14.4 Å². The zero-order valence-corrected chi connectivity index (χ0v) is 13.7. The lowest BCUT2D eigenvalue weighted by Gasteiger charge is -2.47. The van der Waals surface area contributed by atoms with Gasteiger partial charge in [-0.2, -0.15) is 0 Å². The lowest BCUT2D eigenvalue weighted by atomic mass is 10.00. The quantitative estimate of drug-likeness (QED) is 0.636. The number of hydrogen-bond donors (Lipinski definition) is 0. The van der Waals surface area contributed by atoms with Gasteiger partial charge in [0, 0.05) is 6.42 Å². The third-order valence-corrected chi connectivity index (χ3v) is 4.70. The highest BCUT2D eigenvalue weighted by Crippen LogP contribution is 2.32. The number of β-lactam (4-membered cyclic amide) rings is 1. The molecule has 0 unspecified atom stereocenters. The van der Waals surface area contributed by atoms with Gasteiger partial charge in [-0.25, -0.2) is 4.79 Å². The number of amides is 1. The number of esters is 1. The number of carbonyl (C=O) groups is 2. The van der Waals surface area contributed by atoms with Gasteiger partial charge in [-0.1, -0.05) is 60.7 Å². The summed E-state index contributed by atoms with van der Waals surface area (Å²) in [5.41, 5.74) is 1.81. The smallest absolute Gasteiger partial charge is 0.330 e. The van der Waals surface area contributed by atoms with Crippen molar-refractivity contribution in [3.05, 3.63) is 71.8 Å². The monoisotopic (exact) mass is 337 g/mol. The molecule has 0 spiro atoms. The number of hydrogen-bond acceptors (Lipinski definition) is 4. The van der Waals surface area contributed by atoms with E-state index < -0.39 is 12.1 Å². The Morgan fingerprint density at radius 1 is 1.04 bits per heavy atom. The summed E-state index contributed by atoms with van der Waals surface area (Å²) in [5, 5.41) is 0.